The van der Waals surface area contributed by atoms with Crippen LogP contribution in [0.5, 0.6) is 0 Å². The van der Waals surface area contributed by atoms with E-state index in [1.165, 1.54) is 0 Å². The zero-order valence-electron chi connectivity index (χ0n) is 11.3. The number of ketones is 1. The van der Waals surface area contributed by atoms with Gasteiger partial charge in [0.2, 0.25) is 0 Å². The molecular formula is C15H15ClO3S2. The maximum absolute atomic E-state index is 12.9. The van der Waals surface area contributed by atoms with Crippen LogP contribution in [0.1, 0.15) is 10.4 Å². The summed E-state index contributed by atoms with van der Waals surface area (Å²) in [7, 11) is 0. The maximum Gasteiger partial charge on any atom is 0.193 e. The number of halogens is 1. The number of Topliss-reactive ketones (excluding diaryl/α,β-unsaturated/α-hetero) is 1. The monoisotopic (exact) mass is 342 g/mol. The van der Waals surface area contributed by atoms with Crippen LogP contribution in [0.25, 0.3) is 0 Å². The van der Waals surface area contributed by atoms with E-state index in [1.807, 2.05) is 0 Å². The molecule has 0 N–H and O–H groups in total. The average molecular weight is 343 g/mol. The van der Waals surface area contributed by atoms with Gasteiger partial charge in [0.15, 0.2) is 5.78 Å². The van der Waals surface area contributed by atoms with Gasteiger partial charge in [-0.2, -0.15) is 0 Å². The normalized spacial score (nSPS) is 22.3. The minimum Gasteiger partial charge on any atom is -0.376 e. The number of ether oxygens (including phenoxy) is 2. The summed E-state index contributed by atoms with van der Waals surface area (Å²) in [5, 5.41) is 0.567. The summed E-state index contributed by atoms with van der Waals surface area (Å²) in [5.41, 5.74) is 1.33. The lowest BCUT2D eigenvalue weighted by Gasteiger charge is -2.25. The van der Waals surface area contributed by atoms with Crippen molar-refractivity contribution in [2.75, 3.05) is 31.3 Å². The SMILES string of the molecule is O=C(C(=C1SCCS1)C1COCCO1)c1cccc(Cl)c1. The number of rotatable bonds is 3. The van der Waals surface area contributed by atoms with Gasteiger partial charge in [-0.1, -0.05) is 23.7 Å². The van der Waals surface area contributed by atoms with E-state index in [0.29, 0.717) is 30.4 Å². The zero-order valence-corrected chi connectivity index (χ0v) is 13.7. The lowest BCUT2D eigenvalue weighted by atomic mass is 10.0. The maximum atomic E-state index is 12.9. The van der Waals surface area contributed by atoms with Crippen LogP contribution in [0.3, 0.4) is 0 Å². The van der Waals surface area contributed by atoms with E-state index in [0.717, 1.165) is 21.3 Å². The van der Waals surface area contributed by atoms with Crippen LogP contribution in [-0.2, 0) is 9.47 Å². The quantitative estimate of drug-likeness (QED) is 0.619. The van der Waals surface area contributed by atoms with Crippen LogP contribution in [-0.4, -0.2) is 43.2 Å². The van der Waals surface area contributed by atoms with Gasteiger partial charge in [-0.05, 0) is 12.1 Å². The predicted molar refractivity (Wildman–Crippen MR) is 88.3 cm³/mol. The minimum atomic E-state index is -0.279. The van der Waals surface area contributed by atoms with E-state index in [2.05, 4.69) is 0 Å². The van der Waals surface area contributed by atoms with Crippen molar-refractivity contribution in [3.05, 3.63) is 44.7 Å². The van der Waals surface area contributed by atoms with Crippen LogP contribution >= 0.6 is 35.1 Å². The van der Waals surface area contributed by atoms with E-state index in [1.54, 1.807) is 47.8 Å². The Morgan fingerprint density at radius 1 is 1.24 bits per heavy atom. The summed E-state index contributed by atoms with van der Waals surface area (Å²) in [4.78, 5) is 12.9. The van der Waals surface area contributed by atoms with Gasteiger partial charge in [0.25, 0.3) is 0 Å². The lowest BCUT2D eigenvalue weighted by molar-refractivity contribution is -0.0712. The molecule has 1 aromatic rings. The first kappa shape index (κ1) is 15.4. The summed E-state index contributed by atoms with van der Waals surface area (Å²) in [6.07, 6.45) is -0.279. The highest BCUT2D eigenvalue weighted by Crippen LogP contribution is 2.41. The van der Waals surface area contributed by atoms with Crippen molar-refractivity contribution in [1.82, 2.24) is 0 Å². The molecule has 3 rings (SSSR count). The Morgan fingerprint density at radius 3 is 2.71 bits per heavy atom. The summed E-state index contributed by atoms with van der Waals surface area (Å²) in [6, 6.07) is 7.07. The Labute approximate surface area is 137 Å². The second kappa shape index (κ2) is 7.20. The Balaban J connectivity index is 1.95. The summed E-state index contributed by atoms with van der Waals surface area (Å²) in [6.45, 7) is 1.55. The molecule has 0 radical (unpaired) electrons. The van der Waals surface area contributed by atoms with E-state index in [-0.39, 0.29) is 11.9 Å². The molecule has 0 amide bonds. The van der Waals surface area contributed by atoms with Crippen molar-refractivity contribution in [3.8, 4) is 0 Å². The third kappa shape index (κ3) is 3.66. The molecular weight excluding hydrogens is 328 g/mol. The highest BCUT2D eigenvalue weighted by molar-refractivity contribution is 8.25. The molecule has 2 heterocycles. The Bertz CT molecular complexity index is 560. The molecule has 112 valence electrons. The summed E-state index contributed by atoms with van der Waals surface area (Å²) >= 11 is 9.45. The molecule has 0 aliphatic carbocycles. The third-order valence-corrected chi connectivity index (χ3v) is 6.22. The van der Waals surface area contributed by atoms with Crippen LogP contribution < -0.4 is 0 Å². The Morgan fingerprint density at radius 2 is 2.05 bits per heavy atom. The van der Waals surface area contributed by atoms with Gasteiger partial charge in [-0.25, -0.2) is 0 Å². The fourth-order valence-corrected chi connectivity index (χ4v) is 5.10. The molecule has 2 aliphatic rings. The number of thioether (sulfide) groups is 2. The average Bonchev–Trinajstić information content (AvgIpc) is 3.02. The van der Waals surface area contributed by atoms with Crippen molar-refractivity contribution >= 4 is 40.9 Å². The second-order valence-electron chi connectivity index (χ2n) is 4.67. The molecule has 1 unspecified atom stereocenters. The van der Waals surface area contributed by atoms with Gasteiger partial charge in [0.1, 0.15) is 6.10 Å². The van der Waals surface area contributed by atoms with Gasteiger partial charge in [-0.3, -0.25) is 4.79 Å². The number of hydrogen-bond donors (Lipinski definition) is 0. The van der Waals surface area contributed by atoms with Crippen molar-refractivity contribution in [1.29, 1.82) is 0 Å². The van der Waals surface area contributed by atoms with Crippen LogP contribution in [0.15, 0.2) is 34.1 Å². The molecule has 21 heavy (non-hydrogen) atoms. The van der Waals surface area contributed by atoms with Gasteiger partial charge in [0.05, 0.1) is 25.4 Å². The van der Waals surface area contributed by atoms with E-state index in [4.69, 9.17) is 21.1 Å². The van der Waals surface area contributed by atoms with Crippen molar-refractivity contribution < 1.29 is 14.3 Å². The lowest BCUT2D eigenvalue weighted by Crippen LogP contribution is -2.33. The smallest absolute Gasteiger partial charge is 0.193 e. The number of carbonyl (C=O) groups is 1. The van der Waals surface area contributed by atoms with Crippen LogP contribution in [0, 0.1) is 0 Å². The highest BCUT2D eigenvalue weighted by Gasteiger charge is 2.30. The van der Waals surface area contributed by atoms with E-state index >= 15 is 0 Å². The molecule has 0 bridgehead atoms. The van der Waals surface area contributed by atoms with Crippen molar-refractivity contribution in [2.45, 2.75) is 6.10 Å². The van der Waals surface area contributed by atoms with Crippen molar-refractivity contribution in [2.24, 2.45) is 0 Å². The topological polar surface area (TPSA) is 35.5 Å². The predicted octanol–water partition coefficient (Wildman–Crippen LogP) is 3.63. The number of benzene rings is 1. The molecule has 2 aliphatic heterocycles. The Kier molecular flexibility index (Phi) is 5.29. The first-order valence-corrected chi connectivity index (χ1v) is 9.10. The highest BCUT2D eigenvalue weighted by atomic mass is 35.5. The second-order valence-corrected chi connectivity index (χ2v) is 7.58. The third-order valence-electron chi connectivity index (χ3n) is 3.24. The fourth-order valence-electron chi connectivity index (χ4n) is 2.28. The standard InChI is InChI=1S/C15H15ClO3S2/c16-11-3-1-2-10(8-11)14(17)13(15-20-6-7-21-15)12-9-18-4-5-19-12/h1-3,8,12H,4-7,9H2. The van der Waals surface area contributed by atoms with Crippen molar-refractivity contribution in [3.63, 3.8) is 0 Å². The molecule has 1 aromatic carbocycles. The zero-order chi connectivity index (χ0) is 14.7. The minimum absolute atomic E-state index is 0.00935. The van der Waals surface area contributed by atoms with Gasteiger partial charge >= 0.3 is 0 Å². The molecule has 0 spiro atoms. The molecule has 6 heteroatoms. The molecule has 2 saturated heterocycles. The largest absolute Gasteiger partial charge is 0.376 e. The molecule has 1 atom stereocenters. The molecule has 2 fully saturated rings. The molecule has 0 saturated carbocycles. The van der Waals surface area contributed by atoms with Crippen LogP contribution in [0.4, 0.5) is 0 Å². The van der Waals surface area contributed by atoms with Gasteiger partial charge in [0, 0.05) is 26.3 Å². The number of carbonyl (C=O) groups excluding carboxylic acids is 1. The summed E-state index contributed by atoms with van der Waals surface area (Å²) < 4.78 is 12.3. The number of hydrogen-bond acceptors (Lipinski definition) is 5. The van der Waals surface area contributed by atoms with Gasteiger partial charge < -0.3 is 9.47 Å². The molecule has 0 aromatic heterocycles. The van der Waals surface area contributed by atoms with Crippen LogP contribution in [0.2, 0.25) is 5.02 Å². The Hall–Kier alpha value is -0.460. The van der Waals surface area contributed by atoms with E-state index < -0.39 is 0 Å². The van der Waals surface area contributed by atoms with Gasteiger partial charge in [-0.15, -0.1) is 23.5 Å². The summed E-state index contributed by atoms with van der Waals surface area (Å²) in [5.74, 6) is 2.05. The molecule has 3 nitrogen and oxygen atoms in total. The first-order valence-electron chi connectivity index (χ1n) is 6.75. The van der Waals surface area contributed by atoms with E-state index in [9.17, 15) is 4.79 Å². The fraction of sp³-hybridized carbons (Fsp3) is 0.400. The first-order chi connectivity index (χ1) is 10.3.